The van der Waals surface area contributed by atoms with Gasteiger partial charge in [-0.1, -0.05) is 50.5 Å². The third-order valence-electron chi connectivity index (χ3n) is 4.82. The molecule has 0 spiro atoms. The summed E-state index contributed by atoms with van der Waals surface area (Å²) >= 11 is 0. The Bertz CT molecular complexity index is 803. The first-order valence-corrected chi connectivity index (χ1v) is 10.1. The van der Waals surface area contributed by atoms with E-state index in [-0.39, 0.29) is 18.1 Å². The number of benzene rings is 1. The molecule has 0 saturated heterocycles. The molecule has 0 aromatic heterocycles. The Morgan fingerprint density at radius 3 is 2.55 bits per heavy atom. The zero-order valence-corrected chi connectivity index (χ0v) is 17.5. The average molecular weight is 399 g/mol. The summed E-state index contributed by atoms with van der Waals surface area (Å²) in [7, 11) is 0. The van der Waals surface area contributed by atoms with Crippen LogP contribution < -0.4 is 5.73 Å². The second-order valence-electron chi connectivity index (χ2n) is 6.97. The predicted octanol–water partition coefficient (Wildman–Crippen LogP) is 4.43. The first-order valence-electron chi connectivity index (χ1n) is 10.1. The number of carbonyl (C=O) groups excluding carboxylic acids is 1. The fourth-order valence-electron chi connectivity index (χ4n) is 3.32. The first-order chi connectivity index (χ1) is 14.0. The van der Waals surface area contributed by atoms with Crippen molar-refractivity contribution >= 4 is 5.97 Å². The molecule has 156 valence electrons. The quantitative estimate of drug-likeness (QED) is 0.463. The number of allylic oxidation sites excluding steroid dienone is 2. The molecule has 1 unspecified atom stereocenters. The molecule has 0 radical (unpaired) electrons. The van der Waals surface area contributed by atoms with Gasteiger partial charge in [0.15, 0.2) is 0 Å². The molecule has 1 aromatic carbocycles. The summed E-state index contributed by atoms with van der Waals surface area (Å²) < 4.78 is 16.3. The average Bonchev–Trinajstić information content (AvgIpc) is 2.70. The Kier molecular flexibility index (Phi) is 8.75. The largest absolute Gasteiger partial charge is 0.463 e. The van der Waals surface area contributed by atoms with Gasteiger partial charge in [-0.3, -0.25) is 0 Å². The maximum Gasteiger partial charge on any atom is 0.338 e. The van der Waals surface area contributed by atoms with Gasteiger partial charge < -0.3 is 19.9 Å². The predicted molar refractivity (Wildman–Crippen MR) is 110 cm³/mol. The molecule has 2 N–H and O–H groups in total. The molecule has 1 heterocycles. The minimum Gasteiger partial charge on any atom is -0.463 e. The van der Waals surface area contributed by atoms with Gasteiger partial charge in [-0.15, -0.1) is 0 Å². The molecule has 0 bridgehead atoms. The van der Waals surface area contributed by atoms with Crippen LogP contribution in [0.4, 0.5) is 0 Å². The number of nitrogens with zero attached hydrogens (tertiary/aromatic N) is 1. The highest BCUT2D eigenvalue weighted by molar-refractivity contribution is 5.92. The lowest BCUT2D eigenvalue weighted by molar-refractivity contribution is -0.139. The number of hydrogen-bond acceptors (Lipinski definition) is 6. The van der Waals surface area contributed by atoms with Crippen LogP contribution in [0, 0.1) is 11.3 Å². The van der Waals surface area contributed by atoms with Crippen molar-refractivity contribution in [2.75, 3.05) is 13.2 Å². The molecule has 0 fully saturated rings. The lowest BCUT2D eigenvalue weighted by Crippen LogP contribution is -2.25. The number of esters is 1. The Labute approximate surface area is 172 Å². The smallest absolute Gasteiger partial charge is 0.338 e. The van der Waals surface area contributed by atoms with Crippen molar-refractivity contribution in [1.29, 1.82) is 5.26 Å². The maximum absolute atomic E-state index is 12.5. The van der Waals surface area contributed by atoms with E-state index >= 15 is 0 Å². The summed E-state index contributed by atoms with van der Waals surface area (Å²) in [5, 5.41) is 9.61. The van der Waals surface area contributed by atoms with Gasteiger partial charge in [-0.2, -0.15) is 5.26 Å². The highest BCUT2D eigenvalue weighted by Gasteiger charge is 2.36. The van der Waals surface area contributed by atoms with E-state index < -0.39 is 11.9 Å². The van der Waals surface area contributed by atoms with E-state index in [9.17, 15) is 10.1 Å². The van der Waals surface area contributed by atoms with Crippen molar-refractivity contribution in [2.24, 2.45) is 5.73 Å². The van der Waals surface area contributed by atoms with Crippen LogP contribution in [-0.4, -0.2) is 19.2 Å². The van der Waals surface area contributed by atoms with E-state index in [4.69, 9.17) is 19.9 Å². The van der Waals surface area contributed by atoms with Gasteiger partial charge in [-0.05, 0) is 31.4 Å². The fourth-order valence-corrected chi connectivity index (χ4v) is 3.32. The van der Waals surface area contributed by atoms with Crippen molar-refractivity contribution in [3.05, 3.63) is 58.2 Å². The van der Waals surface area contributed by atoms with Crippen LogP contribution >= 0.6 is 0 Å². The van der Waals surface area contributed by atoms with Crippen LogP contribution in [-0.2, 0) is 25.6 Å². The minimum absolute atomic E-state index is 0.0162. The molecule has 1 aliphatic rings. The summed E-state index contributed by atoms with van der Waals surface area (Å²) in [6.45, 7) is 7.08. The fraction of sp³-hybridized carbons (Fsp3) is 0.478. The van der Waals surface area contributed by atoms with Crippen LogP contribution in [0.5, 0.6) is 0 Å². The van der Waals surface area contributed by atoms with Crippen LogP contribution in [0.25, 0.3) is 0 Å². The lowest BCUT2D eigenvalue weighted by Gasteiger charge is -2.27. The summed E-state index contributed by atoms with van der Waals surface area (Å²) in [4.78, 5) is 12.5. The second-order valence-corrected chi connectivity index (χ2v) is 6.97. The van der Waals surface area contributed by atoms with Crippen LogP contribution in [0.1, 0.15) is 63.5 Å². The number of carbonyl (C=O) groups is 1. The highest BCUT2D eigenvalue weighted by atomic mass is 16.5. The van der Waals surface area contributed by atoms with Gasteiger partial charge in [0.05, 0.1) is 24.7 Å². The van der Waals surface area contributed by atoms with Crippen molar-refractivity contribution < 1.29 is 19.0 Å². The number of ether oxygens (including phenoxy) is 3. The number of nitriles is 1. The zero-order valence-electron chi connectivity index (χ0n) is 17.5. The van der Waals surface area contributed by atoms with E-state index in [1.807, 2.05) is 24.3 Å². The molecular formula is C23H30N2O4. The maximum atomic E-state index is 12.5. The number of hydrogen-bond donors (Lipinski definition) is 1. The molecule has 0 amide bonds. The SMILES string of the molecule is CCCCCCOCc1ccc(C2C(C#N)=C(N)OC(C)=C2C(=O)OCC)cc1. The van der Waals surface area contributed by atoms with Gasteiger partial charge in [0, 0.05) is 6.61 Å². The third-order valence-corrected chi connectivity index (χ3v) is 4.82. The molecule has 6 nitrogen and oxygen atoms in total. The van der Waals surface area contributed by atoms with Gasteiger partial charge >= 0.3 is 5.97 Å². The summed E-state index contributed by atoms with van der Waals surface area (Å²) in [6, 6.07) is 9.76. The second kappa shape index (κ2) is 11.3. The number of rotatable bonds is 10. The third kappa shape index (κ3) is 5.85. The molecule has 6 heteroatoms. The molecule has 1 aliphatic heterocycles. The van der Waals surface area contributed by atoms with Crippen LogP contribution in [0.15, 0.2) is 47.1 Å². The van der Waals surface area contributed by atoms with Gasteiger partial charge in [-0.25, -0.2) is 4.79 Å². The Hall–Kier alpha value is -2.78. The highest BCUT2D eigenvalue weighted by Crippen LogP contribution is 2.39. The summed E-state index contributed by atoms with van der Waals surface area (Å²) in [5.41, 5.74) is 8.24. The van der Waals surface area contributed by atoms with Gasteiger partial charge in [0.2, 0.25) is 5.88 Å². The topological polar surface area (TPSA) is 94.6 Å². The standard InChI is InChI=1S/C23H30N2O4/c1-4-6-7-8-13-27-15-17-9-11-18(12-10-17)21-19(14-24)22(25)29-16(3)20(21)23(26)28-5-2/h9-12,21H,4-8,13,15,25H2,1-3H3. The van der Waals surface area contributed by atoms with Crippen LogP contribution in [0.2, 0.25) is 0 Å². The van der Waals surface area contributed by atoms with Crippen molar-refractivity contribution in [3.8, 4) is 6.07 Å². The normalized spacial score (nSPS) is 16.4. The van der Waals surface area contributed by atoms with E-state index in [0.717, 1.165) is 24.2 Å². The molecule has 1 aromatic rings. The van der Waals surface area contributed by atoms with Crippen molar-refractivity contribution in [3.63, 3.8) is 0 Å². The molecule has 29 heavy (non-hydrogen) atoms. The number of unbranched alkanes of at least 4 members (excludes halogenated alkanes) is 3. The lowest BCUT2D eigenvalue weighted by atomic mass is 9.83. The van der Waals surface area contributed by atoms with Gasteiger partial charge in [0.1, 0.15) is 17.4 Å². The van der Waals surface area contributed by atoms with Crippen molar-refractivity contribution in [1.82, 2.24) is 0 Å². The molecule has 0 saturated carbocycles. The van der Waals surface area contributed by atoms with E-state index in [1.54, 1.807) is 13.8 Å². The monoisotopic (exact) mass is 398 g/mol. The van der Waals surface area contributed by atoms with Crippen LogP contribution in [0.3, 0.4) is 0 Å². The molecule has 0 aliphatic carbocycles. The first kappa shape index (κ1) is 22.5. The van der Waals surface area contributed by atoms with E-state index in [0.29, 0.717) is 17.9 Å². The molecule has 1 atom stereocenters. The Morgan fingerprint density at radius 1 is 1.21 bits per heavy atom. The molecule has 2 rings (SSSR count). The zero-order chi connectivity index (χ0) is 21.2. The van der Waals surface area contributed by atoms with E-state index in [2.05, 4.69) is 13.0 Å². The van der Waals surface area contributed by atoms with E-state index in [1.165, 1.54) is 19.3 Å². The Morgan fingerprint density at radius 2 is 1.93 bits per heavy atom. The summed E-state index contributed by atoms with van der Waals surface area (Å²) in [6.07, 6.45) is 4.69. The molecular weight excluding hydrogens is 368 g/mol. The van der Waals surface area contributed by atoms with Gasteiger partial charge in [0.25, 0.3) is 0 Å². The minimum atomic E-state index is -0.614. The summed E-state index contributed by atoms with van der Waals surface area (Å²) in [5.74, 6) is -0.751. The number of nitrogens with two attached hydrogens (primary N) is 1. The Balaban J connectivity index is 2.17. The van der Waals surface area contributed by atoms with Crippen molar-refractivity contribution in [2.45, 2.75) is 59.0 Å².